The number of aliphatic carboxylic acids is 2. The molecule has 0 rings (SSSR count). The fourth-order valence-corrected chi connectivity index (χ4v) is 1.30. The van der Waals surface area contributed by atoms with Crippen molar-refractivity contribution in [3.63, 3.8) is 0 Å². The van der Waals surface area contributed by atoms with Gasteiger partial charge in [0, 0.05) is 6.54 Å². The summed E-state index contributed by atoms with van der Waals surface area (Å²) >= 11 is 0. The van der Waals surface area contributed by atoms with Gasteiger partial charge in [-0.25, -0.2) is 0 Å². The molecule has 0 spiro atoms. The third-order valence-corrected chi connectivity index (χ3v) is 2.74. The molecule has 0 radical (unpaired) electrons. The Hall–Kier alpha value is -1.83. The predicted molar refractivity (Wildman–Crippen MR) is 81.1 cm³/mol. The Morgan fingerprint density at radius 2 is 1.76 bits per heavy atom. The van der Waals surface area contributed by atoms with Crippen molar-refractivity contribution < 1.29 is 19.8 Å². The van der Waals surface area contributed by atoms with Gasteiger partial charge in [0.05, 0.1) is 5.92 Å². The van der Waals surface area contributed by atoms with Gasteiger partial charge in [0.1, 0.15) is 6.04 Å². The summed E-state index contributed by atoms with van der Waals surface area (Å²) < 4.78 is 0. The first-order valence-corrected chi connectivity index (χ1v) is 7.01. The van der Waals surface area contributed by atoms with Crippen LogP contribution in [0.3, 0.4) is 0 Å². The molecule has 0 aliphatic rings. The highest BCUT2D eigenvalue weighted by molar-refractivity contribution is 5.74. The van der Waals surface area contributed by atoms with E-state index < -0.39 is 18.0 Å². The maximum absolute atomic E-state index is 10.2. The van der Waals surface area contributed by atoms with E-state index in [0.29, 0.717) is 19.4 Å². The number of carboxylic acids is 2. The number of unbranched alkanes of at least 4 members (excludes halogenated alkanes) is 1. The van der Waals surface area contributed by atoms with E-state index in [1.54, 1.807) is 6.92 Å². The fourth-order valence-electron chi connectivity index (χ4n) is 1.30. The van der Waals surface area contributed by atoms with Gasteiger partial charge in [-0.2, -0.15) is 0 Å². The zero-order valence-corrected chi connectivity index (χ0v) is 12.8. The molecular formula is C13H28N4O4. The third kappa shape index (κ3) is 16.1. The number of carboxylic acid groups (broad SMARTS) is 2. The van der Waals surface area contributed by atoms with Gasteiger partial charge in [0.2, 0.25) is 0 Å². The number of hydrogen-bond donors (Lipinski definition) is 6. The molecule has 124 valence electrons. The molecule has 0 aliphatic carbocycles. The van der Waals surface area contributed by atoms with Gasteiger partial charge in [0.25, 0.3) is 0 Å². The summed E-state index contributed by atoms with van der Waals surface area (Å²) in [4.78, 5) is 20.4. The molecule has 0 aromatic carbocycles. The molecule has 2 unspecified atom stereocenters. The lowest BCUT2D eigenvalue weighted by Crippen LogP contribution is -2.34. The smallest absolute Gasteiger partial charge is 0.320 e. The Kier molecular flexibility index (Phi) is 13.5. The van der Waals surface area contributed by atoms with Gasteiger partial charge in [0.15, 0.2) is 5.96 Å². The van der Waals surface area contributed by atoms with Crippen molar-refractivity contribution in [1.29, 1.82) is 5.41 Å². The number of carbonyl (C=O) groups is 2. The van der Waals surface area contributed by atoms with E-state index in [-0.39, 0.29) is 11.9 Å². The van der Waals surface area contributed by atoms with Crippen LogP contribution in [0.1, 0.15) is 46.0 Å². The quantitative estimate of drug-likeness (QED) is 0.206. The van der Waals surface area contributed by atoms with Crippen LogP contribution in [0.5, 0.6) is 0 Å². The Morgan fingerprint density at radius 3 is 2.14 bits per heavy atom. The first kappa shape index (κ1) is 21.5. The number of nitrogens with two attached hydrogens (primary N) is 2. The van der Waals surface area contributed by atoms with Crippen LogP contribution in [0.15, 0.2) is 0 Å². The summed E-state index contributed by atoms with van der Waals surface area (Å²) in [5.41, 5.74) is 10.2. The lowest BCUT2D eigenvalue weighted by Gasteiger charge is -2.06. The average Bonchev–Trinajstić information content (AvgIpc) is 2.40. The van der Waals surface area contributed by atoms with Crippen molar-refractivity contribution in [2.75, 3.05) is 6.54 Å². The summed E-state index contributed by atoms with van der Waals surface area (Å²) in [5.74, 6) is -1.95. The summed E-state index contributed by atoms with van der Waals surface area (Å²) in [6, 6.07) is -0.821. The van der Waals surface area contributed by atoms with Crippen LogP contribution in [-0.2, 0) is 9.59 Å². The topological polar surface area (TPSA) is 163 Å². The first-order valence-electron chi connectivity index (χ1n) is 7.01. The van der Waals surface area contributed by atoms with Crippen molar-refractivity contribution in [1.82, 2.24) is 5.32 Å². The van der Waals surface area contributed by atoms with Gasteiger partial charge >= 0.3 is 11.9 Å². The van der Waals surface area contributed by atoms with E-state index in [9.17, 15) is 9.59 Å². The fraction of sp³-hybridized carbons (Fsp3) is 0.769. The summed E-state index contributed by atoms with van der Waals surface area (Å²) in [6.07, 6.45) is 3.89. The van der Waals surface area contributed by atoms with Gasteiger partial charge in [-0.05, 0) is 19.3 Å². The highest BCUT2D eigenvalue weighted by Gasteiger charge is 2.09. The van der Waals surface area contributed by atoms with Crippen LogP contribution < -0.4 is 16.8 Å². The van der Waals surface area contributed by atoms with Crippen molar-refractivity contribution in [3.8, 4) is 0 Å². The highest BCUT2D eigenvalue weighted by atomic mass is 16.4. The molecular weight excluding hydrogens is 276 g/mol. The monoisotopic (exact) mass is 304 g/mol. The number of nitrogens with one attached hydrogen (secondary N) is 2. The molecule has 0 fully saturated rings. The van der Waals surface area contributed by atoms with Crippen LogP contribution in [0, 0.1) is 11.3 Å². The Labute approximate surface area is 125 Å². The van der Waals surface area contributed by atoms with E-state index in [2.05, 4.69) is 12.2 Å². The van der Waals surface area contributed by atoms with Crippen LogP contribution in [-0.4, -0.2) is 40.7 Å². The molecule has 21 heavy (non-hydrogen) atoms. The molecule has 0 aromatic rings. The van der Waals surface area contributed by atoms with Crippen molar-refractivity contribution in [3.05, 3.63) is 0 Å². The van der Waals surface area contributed by atoms with Gasteiger partial charge in [-0.3, -0.25) is 15.0 Å². The Bertz CT molecular complexity index is 323. The average molecular weight is 304 g/mol. The van der Waals surface area contributed by atoms with Crippen LogP contribution in [0.4, 0.5) is 0 Å². The SMILES string of the molecule is CCCCC(C)C(=O)O.N=C(N)NCCCC(N)C(=O)O. The summed E-state index contributed by atoms with van der Waals surface area (Å²) in [5, 5.41) is 26.1. The lowest BCUT2D eigenvalue weighted by atomic mass is 10.1. The molecule has 0 saturated carbocycles. The molecule has 8 heteroatoms. The molecule has 0 bridgehead atoms. The Morgan fingerprint density at radius 1 is 1.19 bits per heavy atom. The molecule has 0 saturated heterocycles. The van der Waals surface area contributed by atoms with Gasteiger partial charge < -0.3 is 27.0 Å². The van der Waals surface area contributed by atoms with E-state index in [0.717, 1.165) is 19.3 Å². The van der Waals surface area contributed by atoms with Crippen LogP contribution in [0.25, 0.3) is 0 Å². The number of hydrogen-bond acceptors (Lipinski definition) is 4. The third-order valence-electron chi connectivity index (χ3n) is 2.74. The van der Waals surface area contributed by atoms with Gasteiger partial charge in [-0.15, -0.1) is 0 Å². The van der Waals surface area contributed by atoms with E-state index in [1.165, 1.54) is 0 Å². The van der Waals surface area contributed by atoms with Gasteiger partial charge in [-0.1, -0.05) is 26.7 Å². The minimum Gasteiger partial charge on any atom is -0.481 e. The zero-order chi connectivity index (χ0) is 16.8. The molecule has 8 nitrogen and oxygen atoms in total. The second-order valence-electron chi connectivity index (χ2n) is 4.81. The molecule has 2 atom stereocenters. The second kappa shape index (κ2) is 13.2. The zero-order valence-electron chi connectivity index (χ0n) is 12.8. The molecule has 0 heterocycles. The van der Waals surface area contributed by atoms with Crippen LogP contribution in [0.2, 0.25) is 0 Å². The highest BCUT2D eigenvalue weighted by Crippen LogP contribution is 2.06. The van der Waals surface area contributed by atoms with E-state index in [4.69, 9.17) is 27.1 Å². The maximum Gasteiger partial charge on any atom is 0.320 e. The first-order chi connectivity index (χ1) is 9.72. The van der Waals surface area contributed by atoms with Crippen molar-refractivity contribution in [2.45, 2.75) is 52.0 Å². The predicted octanol–water partition coefficient (Wildman–Crippen LogP) is 0.559. The molecule has 0 aliphatic heterocycles. The normalized spacial score (nSPS) is 12.5. The summed E-state index contributed by atoms with van der Waals surface area (Å²) in [6.45, 7) is 4.29. The number of guanidine groups is 1. The number of rotatable bonds is 9. The second-order valence-corrected chi connectivity index (χ2v) is 4.81. The lowest BCUT2D eigenvalue weighted by molar-refractivity contribution is -0.141. The van der Waals surface area contributed by atoms with Crippen molar-refractivity contribution in [2.24, 2.45) is 17.4 Å². The maximum atomic E-state index is 10.2. The standard InChI is InChI=1S/C7H14O2.C6H14N4O2/c1-3-4-5-6(2)7(8)9;7-4(5(11)12)2-1-3-10-6(8)9/h6H,3-5H2,1-2H3,(H,8,9);4H,1-3,7H2,(H,11,12)(H4,8,9,10). The largest absolute Gasteiger partial charge is 0.481 e. The van der Waals surface area contributed by atoms with E-state index in [1.807, 2.05) is 0 Å². The molecule has 0 aromatic heterocycles. The van der Waals surface area contributed by atoms with Crippen LogP contribution >= 0.6 is 0 Å². The van der Waals surface area contributed by atoms with E-state index >= 15 is 0 Å². The molecule has 0 amide bonds. The molecule has 8 N–H and O–H groups in total. The van der Waals surface area contributed by atoms with Crippen molar-refractivity contribution >= 4 is 17.9 Å². The summed E-state index contributed by atoms with van der Waals surface area (Å²) in [7, 11) is 0. The Balaban J connectivity index is 0. The minimum atomic E-state index is -1.00. The minimum absolute atomic E-state index is 0.112.